The Morgan fingerprint density at radius 3 is 2.30 bits per heavy atom. The van der Waals surface area contributed by atoms with Crippen LogP contribution in [0.5, 0.6) is 11.5 Å². The number of carbonyl (C=O) groups excluding carboxylic acids is 1. The molecule has 0 aliphatic rings. The van der Waals surface area contributed by atoms with Crippen LogP contribution in [0.4, 0.5) is 10.1 Å². The third-order valence-corrected chi connectivity index (χ3v) is 3.25. The summed E-state index contributed by atoms with van der Waals surface area (Å²) in [7, 11) is 3.12. The van der Waals surface area contributed by atoms with E-state index in [1.807, 2.05) is 6.07 Å². The number of amides is 1. The zero-order chi connectivity index (χ0) is 16.8. The summed E-state index contributed by atoms with van der Waals surface area (Å²) in [4.78, 5) is 12.2. The van der Waals surface area contributed by atoms with Gasteiger partial charge < -0.3 is 14.8 Å². The summed E-state index contributed by atoms with van der Waals surface area (Å²) in [6.45, 7) is 1.70. The van der Waals surface area contributed by atoms with Crippen LogP contribution in [0.1, 0.15) is 12.5 Å². The molecular weight excluding hydrogens is 297 g/mol. The first-order valence-corrected chi connectivity index (χ1v) is 7.00. The van der Waals surface area contributed by atoms with Crippen molar-refractivity contribution in [2.24, 2.45) is 0 Å². The highest BCUT2D eigenvalue weighted by molar-refractivity contribution is 6.06. The molecule has 120 valence electrons. The van der Waals surface area contributed by atoms with E-state index in [4.69, 9.17) is 9.47 Å². The van der Waals surface area contributed by atoms with Crippen LogP contribution >= 0.6 is 0 Å². The van der Waals surface area contributed by atoms with Crippen LogP contribution in [0.2, 0.25) is 0 Å². The highest BCUT2D eigenvalue weighted by Gasteiger charge is 2.07. The number of hydrogen-bond donors (Lipinski definition) is 1. The molecule has 0 saturated heterocycles. The Kier molecular flexibility index (Phi) is 5.36. The number of carbonyl (C=O) groups is 1. The van der Waals surface area contributed by atoms with Gasteiger partial charge in [0.2, 0.25) is 0 Å². The number of nitrogens with one attached hydrogen (secondary N) is 1. The predicted molar refractivity (Wildman–Crippen MR) is 88.2 cm³/mol. The van der Waals surface area contributed by atoms with Gasteiger partial charge in [-0.3, -0.25) is 4.79 Å². The lowest BCUT2D eigenvalue weighted by Crippen LogP contribution is -2.12. The zero-order valence-corrected chi connectivity index (χ0v) is 13.2. The molecule has 0 unspecified atom stereocenters. The molecule has 1 amide bonds. The van der Waals surface area contributed by atoms with Crippen LogP contribution < -0.4 is 14.8 Å². The number of anilines is 1. The molecule has 0 spiro atoms. The van der Waals surface area contributed by atoms with Gasteiger partial charge in [-0.15, -0.1) is 0 Å². The van der Waals surface area contributed by atoms with Crippen LogP contribution in [-0.2, 0) is 4.79 Å². The lowest BCUT2D eigenvalue weighted by atomic mass is 10.1. The monoisotopic (exact) mass is 315 g/mol. The number of benzene rings is 2. The van der Waals surface area contributed by atoms with Crippen molar-refractivity contribution in [3.8, 4) is 11.5 Å². The van der Waals surface area contributed by atoms with Crippen LogP contribution in [0.3, 0.4) is 0 Å². The van der Waals surface area contributed by atoms with Crippen molar-refractivity contribution in [3.05, 3.63) is 59.4 Å². The Balaban J connectivity index is 2.15. The Labute approximate surface area is 134 Å². The van der Waals surface area contributed by atoms with E-state index in [2.05, 4.69) is 5.32 Å². The van der Waals surface area contributed by atoms with Gasteiger partial charge in [-0.25, -0.2) is 4.39 Å². The number of halogens is 1. The van der Waals surface area contributed by atoms with E-state index < -0.39 is 0 Å². The summed E-state index contributed by atoms with van der Waals surface area (Å²) in [6, 6.07) is 11.0. The predicted octanol–water partition coefficient (Wildman–Crippen LogP) is 3.88. The molecule has 23 heavy (non-hydrogen) atoms. The van der Waals surface area contributed by atoms with Crippen molar-refractivity contribution < 1.29 is 18.7 Å². The molecule has 1 N–H and O–H groups in total. The van der Waals surface area contributed by atoms with Gasteiger partial charge in [0, 0.05) is 11.3 Å². The molecule has 2 rings (SSSR count). The molecule has 2 aromatic carbocycles. The molecule has 2 aromatic rings. The smallest absolute Gasteiger partial charge is 0.251 e. The Morgan fingerprint density at radius 2 is 1.70 bits per heavy atom. The molecular formula is C18H18FNO3. The second kappa shape index (κ2) is 7.45. The van der Waals surface area contributed by atoms with Crippen molar-refractivity contribution in [1.29, 1.82) is 0 Å². The van der Waals surface area contributed by atoms with Gasteiger partial charge in [0.15, 0.2) is 11.5 Å². The van der Waals surface area contributed by atoms with E-state index in [-0.39, 0.29) is 11.7 Å². The normalized spacial score (nSPS) is 11.0. The van der Waals surface area contributed by atoms with E-state index in [0.717, 1.165) is 5.56 Å². The molecule has 0 aliphatic heterocycles. The van der Waals surface area contributed by atoms with Gasteiger partial charge in [0.25, 0.3) is 5.91 Å². The molecule has 0 radical (unpaired) electrons. The summed E-state index contributed by atoms with van der Waals surface area (Å²) in [5.74, 6) is 0.609. The van der Waals surface area contributed by atoms with Crippen molar-refractivity contribution >= 4 is 17.7 Å². The largest absolute Gasteiger partial charge is 0.493 e. The summed E-state index contributed by atoms with van der Waals surface area (Å²) >= 11 is 0. The maximum atomic E-state index is 12.9. The summed E-state index contributed by atoms with van der Waals surface area (Å²) in [6.07, 6.45) is 1.74. The summed E-state index contributed by atoms with van der Waals surface area (Å²) in [5, 5.41) is 2.71. The van der Waals surface area contributed by atoms with Gasteiger partial charge in [0.1, 0.15) is 5.82 Å². The standard InChI is InChI=1S/C18H18FNO3/c1-12(18(21)20-15-7-5-14(19)6-8-15)10-13-4-9-16(22-2)17(11-13)23-3/h4-11H,1-3H3,(H,20,21)/b12-10+. The first kappa shape index (κ1) is 16.5. The van der Waals surface area contributed by atoms with Gasteiger partial charge in [-0.1, -0.05) is 6.07 Å². The summed E-state index contributed by atoms with van der Waals surface area (Å²) < 4.78 is 23.3. The number of hydrogen-bond acceptors (Lipinski definition) is 3. The Hall–Kier alpha value is -2.82. The number of ether oxygens (including phenoxy) is 2. The van der Waals surface area contributed by atoms with E-state index in [1.54, 1.807) is 39.4 Å². The number of rotatable bonds is 5. The average molecular weight is 315 g/mol. The SMILES string of the molecule is COc1ccc(/C=C(\C)C(=O)Nc2ccc(F)cc2)cc1OC. The highest BCUT2D eigenvalue weighted by atomic mass is 19.1. The molecule has 0 bridgehead atoms. The van der Waals surface area contributed by atoms with Crippen molar-refractivity contribution in [2.75, 3.05) is 19.5 Å². The first-order chi connectivity index (χ1) is 11.0. The van der Waals surface area contributed by atoms with Crippen LogP contribution in [0, 0.1) is 5.82 Å². The average Bonchev–Trinajstić information content (AvgIpc) is 2.56. The van der Waals surface area contributed by atoms with Gasteiger partial charge >= 0.3 is 0 Å². The van der Waals surface area contributed by atoms with Crippen molar-refractivity contribution in [2.45, 2.75) is 6.92 Å². The quantitative estimate of drug-likeness (QED) is 0.852. The minimum atomic E-state index is -0.347. The Morgan fingerprint density at radius 1 is 1.04 bits per heavy atom. The minimum absolute atomic E-state index is 0.258. The van der Waals surface area contributed by atoms with Crippen molar-refractivity contribution in [3.63, 3.8) is 0 Å². The fourth-order valence-corrected chi connectivity index (χ4v) is 2.02. The molecule has 0 atom stereocenters. The molecule has 0 aliphatic carbocycles. The molecule has 5 heteroatoms. The van der Waals surface area contributed by atoms with E-state index in [0.29, 0.717) is 22.8 Å². The highest BCUT2D eigenvalue weighted by Crippen LogP contribution is 2.28. The van der Waals surface area contributed by atoms with Gasteiger partial charge in [-0.05, 0) is 55.0 Å². The maximum Gasteiger partial charge on any atom is 0.251 e. The van der Waals surface area contributed by atoms with Gasteiger partial charge in [-0.2, -0.15) is 0 Å². The van der Waals surface area contributed by atoms with Crippen LogP contribution in [0.15, 0.2) is 48.0 Å². The van der Waals surface area contributed by atoms with E-state index in [1.165, 1.54) is 24.3 Å². The van der Waals surface area contributed by atoms with E-state index in [9.17, 15) is 9.18 Å². The maximum absolute atomic E-state index is 12.9. The topological polar surface area (TPSA) is 47.6 Å². The van der Waals surface area contributed by atoms with Crippen LogP contribution in [0.25, 0.3) is 6.08 Å². The lowest BCUT2D eigenvalue weighted by Gasteiger charge is -2.09. The minimum Gasteiger partial charge on any atom is -0.493 e. The van der Waals surface area contributed by atoms with Gasteiger partial charge in [0.05, 0.1) is 14.2 Å². The number of methoxy groups -OCH3 is 2. The lowest BCUT2D eigenvalue weighted by molar-refractivity contribution is -0.112. The fraction of sp³-hybridized carbons (Fsp3) is 0.167. The fourth-order valence-electron chi connectivity index (χ4n) is 2.02. The summed E-state index contributed by atoms with van der Waals surface area (Å²) in [5.41, 5.74) is 1.87. The van der Waals surface area contributed by atoms with Crippen LogP contribution in [-0.4, -0.2) is 20.1 Å². The third kappa shape index (κ3) is 4.32. The molecule has 0 aromatic heterocycles. The third-order valence-electron chi connectivity index (χ3n) is 3.25. The second-order valence-electron chi connectivity index (χ2n) is 4.90. The van der Waals surface area contributed by atoms with E-state index >= 15 is 0 Å². The van der Waals surface area contributed by atoms with Crippen molar-refractivity contribution in [1.82, 2.24) is 0 Å². The second-order valence-corrected chi connectivity index (χ2v) is 4.90. The first-order valence-electron chi connectivity index (χ1n) is 7.00. The molecule has 0 saturated carbocycles. The molecule has 0 fully saturated rings. The zero-order valence-electron chi connectivity index (χ0n) is 13.2. The Bertz CT molecular complexity index is 724. The molecule has 4 nitrogen and oxygen atoms in total. The molecule has 0 heterocycles.